The molecule has 1 N–H and O–H groups in total. The summed E-state index contributed by atoms with van der Waals surface area (Å²) in [4.78, 5) is 3.91. The first kappa shape index (κ1) is 10.9. The molecule has 82 valence electrons. The summed E-state index contributed by atoms with van der Waals surface area (Å²) in [5, 5.41) is 3.39. The highest BCUT2D eigenvalue weighted by Crippen LogP contribution is 2.19. The van der Waals surface area contributed by atoms with Crippen molar-refractivity contribution in [1.29, 1.82) is 0 Å². The van der Waals surface area contributed by atoms with Gasteiger partial charge < -0.3 is 5.32 Å². The molecule has 1 heterocycles. The lowest BCUT2D eigenvalue weighted by Gasteiger charge is -2.07. The molecule has 2 nitrogen and oxygen atoms in total. The molecule has 0 saturated heterocycles. The van der Waals surface area contributed by atoms with E-state index in [4.69, 9.17) is 11.6 Å². The van der Waals surface area contributed by atoms with Crippen molar-refractivity contribution in [3.05, 3.63) is 59.1 Å². The summed E-state index contributed by atoms with van der Waals surface area (Å²) in [6, 6.07) is 8.32. The number of nitrogens with zero attached hydrogens (tertiary/aromatic N) is 1. The molecule has 0 atom stereocenters. The van der Waals surface area contributed by atoms with Crippen molar-refractivity contribution in [2.45, 2.75) is 6.54 Å². The summed E-state index contributed by atoms with van der Waals surface area (Å²) in [5.74, 6) is -0.346. The summed E-state index contributed by atoms with van der Waals surface area (Å²) < 4.78 is 13.4. The van der Waals surface area contributed by atoms with Gasteiger partial charge in [0.25, 0.3) is 0 Å². The van der Waals surface area contributed by atoms with Gasteiger partial charge in [0.15, 0.2) is 0 Å². The first-order valence-corrected chi connectivity index (χ1v) is 5.21. The molecule has 0 fully saturated rings. The first-order valence-electron chi connectivity index (χ1n) is 4.83. The molecule has 0 radical (unpaired) electrons. The van der Waals surface area contributed by atoms with Crippen LogP contribution in [0.15, 0.2) is 42.7 Å². The van der Waals surface area contributed by atoms with Gasteiger partial charge in [-0.1, -0.05) is 11.6 Å². The van der Waals surface area contributed by atoms with Crippen LogP contribution in [0.1, 0.15) is 5.56 Å². The van der Waals surface area contributed by atoms with E-state index in [1.165, 1.54) is 6.07 Å². The Bertz CT molecular complexity index is 474. The fraction of sp³-hybridized carbons (Fsp3) is 0.0833. The van der Waals surface area contributed by atoms with Crippen LogP contribution in [0.2, 0.25) is 5.02 Å². The number of rotatable bonds is 3. The lowest BCUT2D eigenvalue weighted by Crippen LogP contribution is -2.01. The number of pyridine rings is 1. The van der Waals surface area contributed by atoms with Gasteiger partial charge in [-0.2, -0.15) is 0 Å². The van der Waals surface area contributed by atoms with Crippen molar-refractivity contribution in [3.63, 3.8) is 0 Å². The Morgan fingerprint density at radius 1 is 1.19 bits per heavy atom. The minimum Gasteiger partial charge on any atom is -0.379 e. The number of halogens is 2. The lowest BCUT2D eigenvalue weighted by atomic mass is 10.2. The average molecular weight is 237 g/mol. The fourth-order valence-electron chi connectivity index (χ4n) is 1.33. The molecule has 0 spiro atoms. The second kappa shape index (κ2) is 4.94. The highest BCUT2D eigenvalue weighted by Gasteiger charge is 2.01. The van der Waals surface area contributed by atoms with Crippen molar-refractivity contribution >= 4 is 17.3 Å². The van der Waals surface area contributed by atoms with E-state index in [1.807, 2.05) is 12.1 Å². The number of nitrogens with one attached hydrogen (secondary N) is 1. The van der Waals surface area contributed by atoms with Gasteiger partial charge >= 0.3 is 0 Å². The second-order valence-corrected chi connectivity index (χ2v) is 3.77. The molecule has 2 rings (SSSR count). The zero-order valence-electron chi connectivity index (χ0n) is 8.45. The molecule has 0 unspecified atom stereocenters. The van der Waals surface area contributed by atoms with Crippen molar-refractivity contribution in [2.75, 3.05) is 5.32 Å². The van der Waals surface area contributed by atoms with E-state index < -0.39 is 0 Å². The van der Waals surface area contributed by atoms with Crippen molar-refractivity contribution in [1.82, 2.24) is 4.98 Å². The van der Waals surface area contributed by atoms with E-state index in [-0.39, 0.29) is 5.82 Å². The van der Waals surface area contributed by atoms with Crippen LogP contribution in [0, 0.1) is 5.82 Å². The van der Waals surface area contributed by atoms with Crippen LogP contribution in [0.5, 0.6) is 0 Å². The second-order valence-electron chi connectivity index (χ2n) is 3.33. The Morgan fingerprint density at radius 2 is 1.94 bits per heavy atom. The van der Waals surface area contributed by atoms with Crippen LogP contribution in [0.4, 0.5) is 10.1 Å². The number of benzene rings is 1. The maximum atomic E-state index is 13.4. The molecule has 0 amide bonds. The quantitative estimate of drug-likeness (QED) is 0.883. The predicted molar refractivity (Wildman–Crippen MR) is 63.0 cm³/mol. The van der Waals surface area contributed by atoms with Crippen LogP contribution < -0.4 is 5.32 Å². The maximum absolute atomic E-state index is 13.4. The van der Waals surface area contributed by atoms with Crippen molar-refractivity contribution < 1.29 is 4.39 Å². The zero-order valence-corrected chi connectivity index (χ0v) is 9.21. The van der Waals surface area contributed by atoms with Gasteiger partial charge in [-0.25, -0.2) is 4.39 Å². The Labute approximate surface area is 98.1 Å². The highest BCUT2D eigenvalue weighted by molar-refractivity contribution is 6.30. The number of hydrogen-bond acceptors (Lipinski definition) is 2. The fourth-order valence-corrected chi connectivity index (χ4v) is 1.49. The number of anilines is 1. The third-order valence-electron chi connectivity index (χ3n) is 2.16. The Hall–Kier alpha value is -1.61. The molecule has 0 aliphatic rings. The van der Waals surface area contributed by atoms with E-state index in [0.717, 1.165) is 5.56 Å². The highest BCUT2D eigenvalue weighted by atomic mass is 35.5. The van der Waals surface area contributed by atoms with Gasteiger partial charge in [-0.3, -0.25) is 4.98 Å². The van der Waals surface area contributed by atoms with E-state index in [1.54, 1.807) is 24.5 Å². The van der Waals surface area contributed by atoms with Gasteiger partial charge in [0.2, 0.25) is 0 Å². The molecule has 0 aliphatic heterocycles. The molecular weight excluding hydrogens is 227 g/mol. The maximum Gasteiger partial charge on any atom is 0.147 e. The SMILES string of the molecule is Fc1cc(Cl)ccc1NCc1ccncc1. The average Bonchev–Trinajstić information content (AvgIpc) is 2.29. The number of hydrogen-bond donors (Lipinski definition) is 1. The molecular formula is C12H10ClFN2. The minimum absolute atomic E-state index is 0.346. The molecule has 2 aromatic rings. The topological polar surface area (TPSA) is 24.9 Å². The Balaban J connectivity index is 2.05. The zero-order chi connectivity index (χ0) is 11.4. The van der Waals surface area contributed by atoms with E-state index in [9.17, 15) is 4.39 Å². The molecule has 4 heteroatoms. The summed E-state index contributed by atoms with van der Waals surface area (Å²) in [5.41, 5.74) is 1.49. The molecule has 1 aromatic carbocycles. The van der Waals surface area contributed by atoms with Gasteiger partial charge in [-0.05, 0) is 35.9 Å². The standard InChI is InChI=1S/C12H10ClFN2/c13-10-1-2-12(11(14)7-10)16-8-9-3-5-15-6-4-9/h1-7,16H,8H2. The molecule has 0 aliphatic carbocycles. The van der Waals surface area contributed by atoms with E-state index in [0.29, 0.717) is 17.3 Å². The Morgan fingerprint density at radius 3 is 2.62 bits per heavy atom. The lowest BCUT2D eigenvalue weighted by molar-refractivity contribution is 0.630. The predicted octanol–water partition coefficient (Wildman–Crippen LogP) is 3.49. The van der Waals surface area contributed by atoms with Gasteiger partial charge in [-0.15, -0.1) is 0 Å². The first-order chi connectivity index (χ1) is 7.75. The van der Waals surface area contributed by atoms with Crippen LogP contribution in [-0.4, -0.2) is 4.98 Å². The van der Waals surface area contributed by atoms with Crippen LogP contribution in [0.3, 0.4) is 0 Å². The van der Waals surface area contributed by atoms with Gasteiger partial charge in [0, 0.05) is 24.0 Å². The third kappa shape index (κ3) is 2.70. The van der Waals surface area contributed by atoms with Crippen LogP contribution >= 0.6 is 11.6 Å². The molecule has 1 aromatic heterocycles. The van der Waals surface area contributed by atoms with Gasteiger partial charge in [0.05, 0.1) is 5.69 Å². The van der Waals surface area contributed by atoms with Crippen molar-refractivity contribution in [3.8, 4) is 0 Å². The summed E-state index contributed by atoms with van der Waals surface area (Å²) in [6.07, 6.45) is 3.41. The summed E-state index contributed by atoms with van der Waals surface area (Å²) in [7, 11) is 0. The van der Waals surface area contributed by atoms with Gasteiger partial charge in [0.1, 0.15) is 5.82 Å². The smallest absolute Gasteiger partial charge is 0.147 e. The largest absolute Gasteiger partial charge is 0.379 e. The molecule has 0 saturated carbocycles. The van der Waals surface area contributed by atoms with E-state index >= 15 is 0 Å². The molecule has 0 bridgehead atoms. The molecule has 16 heavy (non-hydrogen) atoms. The third-order valence-corrected chi connectivity index (χ3v) is 2.40. The summed E-state index contributed by atoms with van der Waals surface area (Å²) in [6.45, 7) is 0.557. The normalized spacial score (nSPS) is 10.1. The van der Waals surface area contributed by atoms with Crippen molar-refractivity contribution in [2.24, 2.45) is 0 Å². The minimum atomic E-state index is -0.346. The monoisotopic (exact) mass is 236 g/mol. The number of aromatic nitrogens is 1. The van der Waals surface area contributed by atoms with E-state index in [2.05, 4.69) is 10.3 Å². The van der Waals surface area contributed by atoms with Crippen LogP contribution in [0.25, 0.3) is 0 Å². The van der Waals surface area contributed by atoms with Crippen LogP contribution in [-0.2, 0) is 6.54 Å². The summed E-state index contributed by atoms with van der Waals surface area (Å²) >= 11 is 5.66. The Kier molecular flexibility index (Phi) is 3.37.